The first kappa shape index (κ1) is 17.0. The van der Waals surface area contributed by atoms with Crippen LogP contribution in [0.5, 0.6) is 0 Å². The highest BCUT2D eigenvalue weighted by atomic mass is 16.5. The van der Waals surface area contributed by atoms with Crippen LogP contribution in [0.3, 0.4) is 0 Å². The van der Waals surface area contributed by atoms with Crippen molar-refractivity contribution in [1.82, 2.24) is 0 Å². The Kier molecular flexibility index (Phi) is 8.31. The monoisotopic (exact) mass is 284 g/mol. The topological polar surface area (TPSA) is 52.6 Å². The van der Waals surface area contributed by atoms with E-state index in [1.54, 1.807) is 0 Å². The van der Waals surface area contributed by atoms with E-state index in [0.717, 1.165) is 31.6 Å². The second kappa shape index (κ2) is 9.78. The molecule has 0 heterocycles. The molecule has 0 radical (unpaired) electrons. The summed E-state index contributed by atoms with van der Waals surface area (Å²) in [5.74, 6) is 0.547. The van der Waals surface area contributed by atoms with Crippen LogP contribution < -0.4 is 0 Å². The normalized spacial score (nSPS) is 22.3. The molecule has 0 aliphatic heterocycles. The first-order valence-corrected chi connectivity index (χ1v) is 7.90. The van der Waals surface area contributed by atoms with Crippen molar-refractivity contribution in [1.29, 1.82) is 0 Å². The fraction of sp³-hybridized carbons (Fsp3) is 0.875. The lowest BCUT2D eigenvalue weighted by molar-refractivity contribution is -0.151. The molecule has 0 atom stereocenters. The third-order valence-electron chi connectivity index (χ3n) is 4.14. The van der Waals surface area contributed by atoms with Crippen LogP contribution in [0.2, 0.25) is 0 Å². The average molecular weight is 284 g/mol. The molecule has 20 heavy (non-hydrogen) atoms. The molecular weight excluding hydrogens is 256 g/mol. The molecule has 0 amide bonds. The third-order valence-corrected chi connectivity index (χ3v) is 4.14. The van der Waals surface area contributed by atoms with Crippen molar-refractivity contribution < 1.29 is 19.1 Å². The van der Waals surface area contributed by atoms with Crippen LogP contribution in [-0.4, -0.2) is 25.7 Å². The van der Waals surface area contributed by atoms with Crippen LogP contribution in [-0.2, 0) is 19.1 Å². The molecule has 0 saturated heterocycles. The van der Waals surface area contributed by atoms with E-state index in [1.807, 2.05) is 0 Å². The van der Waals surface area contributed by atoms with Crippen LogP contribution >= 0.6 is 0 Å². The molecule has 4 nitrogen and oxygen atoms in total. The number of hydrogen-bond donors (Lipinski definition) is 0. The lowest BCUT2D eigenvalue weighted by Gasteiger charge is -2.27. The van der Waals surface area contributed by atoms with Crippen molar-refractivity contribution in [3.63, 3.8) is 0 Å². The first-order chi connectivity index (χ1) is 9.67. The van der Waals surface area contributed by atoms with Gasteiger partial charge in [0, 0.05) is 6.42 Å². The van der Waals surface area contributed by atoms with Crippen molar-refractivity contribution in [3.05, 3.63) is 0 Å². The number of ether oxygens (including phenoxy) is 2. The number of carbonyl (C=O) groups excluding carboxylic acids is 2. The SMILES string of the molecule is CCCCC1CCC(C(=O)OCCCC(=O)OC)CC1. The molecule has 1 saturated carbocycles. The van der Waals surface area contributed by atoms with Gasteiger partial charge in [-0.2, -0.15) is 0 Å². The standard InChI is InChI=1S/C16H28O4/c1-3-4-6-13-8-10-14(11-9-13)16(18)20-12-5-7-15(17)19-2/h13-14H,3-12H2,1-2H3. The van der Waals surface area contributed by atoms with Crippen molar-refractivity contribution in [3.8, 4) is 0 Å². The van der Waals surface area contributed by atoms with Gasteiger partial charge in [0.2, 0.25) is 0 Å². The number of hydrogen-bond acceptors (Lipinski definition) is 4. The Morgan fingerprint density at radius 2 is 1.80 bits per heavy atom. The predicted octanol–water partition coefficient (Wildman–Crippen LogP) is 3.48. The highest BCUT2D eigenvalue weighted by molar-refractivity contribution is 5.72. The quantitative estimate of drug-likeness (QED) is 0.506. The van der Waals surface area contributed by atoms with Gasteiger partial charge in [-0.1, -0.05) is 26.2 Å². The van der Waals surface area contributed by atoms with E-state index in [-0.39, 0.29) is 17.9 Å². The minimum Gasteiger partial charge on any atom is -0.469 e. The third kappa shape index (κ3) is 6.40. The van der Waals surface area contributed by atoms with Crippen LogP contribution in [0, 0.1) is 11.8 Å². The Labute approximate surface area is 122 Å². The molecule has 0 bridgehead atoms. The van der Waals surface area contributed by atoms with E-state index in [2.05, 4.69) is 11.7 Å². The van der Waals surface area contributed by atoms with Gasteiger partial charge in [0.15, 0.2) is 0 Å². The van der Waals surface area contributed by atoms with Gasteiger partial charge in [0.25, 0.3) is 0 Å². The van der Waals surface area contributed by atoms with E-state index < -0.39 is 0 Å². The van der Waals surface area contributed by atoms with E-state index in [4.69, 9.17) is 4.74 Å². The highest BCUT2D eigenvalue weighted by Gasteiger charge is 2.26. The molecule has 0 aromatic rings. The highest BCUT2D eigenvalue weighted by Crippen LogP contribution is 2.32. The summed E-state index contributed by atoms with van der Waals surface area (Å²) >= 11 is 0. The first-order valence-electron chi connectivity index (χ1n) is 7.90. The fourth-order valence-corrected chi connectivity index (χ4v) is 2.79. The average Bonchev–Trinajstić information content (AvgIpc) is 2.49. The van der Waals surface area contributed by atoms with Gasteiger partial charge in [0.05, 0.1) is 19.6 Å². The maximum atomic E-state index is 11.9. The van der Waals surface area contributed by atoms with E-state index in [0.29, 0.717) is 19.4 Å². The van der Waals surface area contributed by atoms with E-state index >= 15 is 0 Å². The zero-order valence-electron chi connectivity index (χ0n) is 12.9. The molecular formula is C16H28O4. The molecule has 0 aromatic carbocycles. The van der Waals surface area contributed by atoms with Crippen molar-refractivity contribution in [2.75, 3.05) is 13.7 Å². The summed E-state index contributed by atoms with van der Waals surface area (Å²) in [6, 6.07) is 0. The van der Waals surface area contributed by atoms with E-state index in [9.17, 15) is 9.59 Å². The van der Waals surface area contributed by atoms with Gasteiger partial charge >= 0.3 is 11.9 Å². The summed E-state index contributed by atoms with van der Waals surface area (Å²) in [7, 11) is 1.37. The zero-order chi connectivity index (χ0) is 14.8. The molecule has 116 valence electrons. The number of methoxy groups -OCH3 is 1. The Balaban J connectivity index is 2.11. The lowest BCUT2D eigenvalue weighted by Crippen LogP contribution is -2.24. The molecule has 4 heteroatoms. The fourth-order valence-electron chi connectivity index (χ4n) is 2.79. The Morgan fingerprint density at radius 3 is 2.40 bits per heavy atom. The minimum absolute atomic E-state index is 0.0750. The second-order valence-corrected chi connectivity index (χ2v) is 5.71. The summed E-state index contributed by atoms with van der Waals surface area (Å²) in [6.45, 7) is 2.54. The van der Waals surface area contributed by atoms with Gasteiger partial charge in [-0.25, -0.2) is 0 Å². The second-order valence-electron chi connectivity index (χ2n) is 5.71. The number of rotatable bonds is 8. The van der Waals surface area contributed by atoms with Crippen LogP contribution in [0.4, 0.5) is 0 Å². The van der Waals surface area contributed by atoms with Crippen molar-refractivity contribution in [2.24, 2.45) is 11.8 Å². The van der Waals surface area contributed by atoms with Gasteiger partial charge in [-0.3, -0.25) is 9.59 Å². The molecule has 0 spiro atoms. The summed E-state index contributed by atoms with van der Waals surface area (Å²) in [4.78, 5) is 22.8. The van der Waals surface area contributed by atoms with Gasteiger partial charge < -0.3 is 9.47 Å². The summed E-state index contributed by atoms with van der Waals surface area (Å²) in [5.41, 5.74) is 0. The lowest BCUT2D eigenvalue weighted by atomic mass is 9.80. The minimum atomic E-state index is -0.252. The van der Waals surface area contributed by atoms with Gasteiger partial charge in [-0.05, 0) is 38.0 Å². The van der Waals surface area contributed by atoms with E-state index in [1.165, 1.54) is 26.4 Å². The summed E-state index contributed by atoms with van der Waals surface area (Å²) < 4.78 is 9.78. The smallest absolute Gasteiger partial charge is 0.308 e. The van der Waals surface area contributed by atoms with Crippen molar-refractivity contribution in [2.45, 2.75) is 64.7 Å². The molecule has 0 N–H and O–H groups in total. The number of unbranched alkanes of at least 4 members (excludes halogenated alkanes) is 1. The predicted molar refractivity (Wildman–Crippen MR) is 77.2 cm³/mol. The summed E-state index contributed by atoms with van der Waals surface area (Å²) in [6.07, 6.45) is 8.95. The van der Waals surface area contributed by atoms with Crippen LogP contribution in [0.25, 0.3) is 0 Å². The maximum Gasteiger partial charge on any atom is 0.308 e. The summed E-state index contributed by atoms with van der Waals surface area (Å²) in [5, 5.41) is 0. The largest absolute Gasteiger partial charge is 0.469 e. The number of esters is 2. The Morgan fingerprint density at radius 1 is 1.10 bits per heavy atom. The molecule has 0 unspecified atom stereocenters. The maximum absolute atomic E-state index is 11.9. The Hall–Kier alpha value is -1.06. The molecule has 1 aliphatic carbocycles. The zero-order valence-corrected chi connectivity index (χ0v) is 12.9. The molecule has 1 rings (SSSR count). The molecule has 1 aliphatic rings. The van der Waals surface area contributed by atoms with Gasteiger partial charge in [0.1, 0.15) is 0 Å². The van der Waals surface area contributed by atoms with Crippen LogP contribution in [0.1, 0.15) is 64.7 Å². The molecule has 1 fully saturated rings. The molecule has 0 aromatic heterocycles. The van der Waals surface area contributed by atoms with Crippen LogP contribution in [0.15, 0.2) is 0 Å². The van der Waals surface area contributed by atoms with Crippen molar-refractivity contribution >= 4 is 11.9 Å². The van der Waals surface area contributed by atoms with Gasteiger partial charge in [-0.15, -0.1) is 0 Å². The number of carbonyl (C=O) groups is 2. The Bertz CT molecular complexity index is 293.